The summed E-state index contributed by atoms with van der Waals surface area (Å²) >= 11 is 5.87. The second-order valence-corrected chi connectivity index (χ2v) is 6.02. The first-order valence-electron chi connectivity index (χ1n) is 8.11. The van der Waals surface area contributed by atoms with Gasteiger partial charge in [0.1, 0.15) is 17.3 Å². The van der Waals surface area contributed by atoms with E-state index in [1.54, 1.807) is 49.6 Å². The Morgan fingerprint density at radius 2 is 1.78 bits per heavy atom. The lowest BCUT2D eigenvalue weighted by molar-refractivity contribution is 0.102. The summed E-state index contributed by atoms with van der Waals surface area (Å²) < 4.78 is 10.5. The van der Waals surface area contributed by atoms with E-state index in [-0.39, 0.29) is 5.91 Å². The third-order valence-corrected chi connectivity index (χ3v) is 4.05. The van der Waals surface area contributed by atoms with Crippen molar-refractivity contribution in [3.63, 3.8) is 0 Å². The number of benzene rings is 2. The maximum atomic E-state index is 12.5. The van der Waals surface area contributed by atoms with E-state index in [1.807, 2.05) is 12.1 Å². The van der Waals surface area contributed by atoms with Crippen LogP contribution in [-0.4, -0.2) is 25.1 Å². The number of nitrogens with zero attached hydrogens (tertiary/aromatic N) is 1. The molecule has 2 aromatic carbocycles. The molecule has 27 heavy (non-hydrogen) atoms. The smallest absolute Gasteiger partial charge is 0.257 e. The third kappa shape index (κ3) is 4.68. The summed E-state index contributed by atoms with van der Waals surface area (Å²) in [6.07, 6.45) is 1.50. The van der Waals surface area contributed by atoms with E-state index in [0.717, 1.165) is 5.69 Å². The normalized spacial score (nSPS) is 10.2. The standard InChI is InChI=1S/C20H18ClN3O3/c1-26-16-8-9-18(27-2)17(11-16)24-20(25)13-3-10-19(22-12-13)23-15-6-4-14(21)5-7-15/h3-12H,1-2H3,(H,22,23)(H,24,25). The van der Waals surface area contributed by atoms with Crippen molar-refractivity contribution < 1.29 is 14.3 Å². The van der Waals surface area contributed by atoms with Crippen LogP contribution in [0.1, 0.15) is 10.4 Å². The average molecular weight is 384 g/mol. The Hall–Kier alpha value is -3.25. The van der Waals surface area contributed by atoms with Crippen LogP contribution in [0.5, 0.6) is 11.5 Å². The first kappa shape index (κ1) is 18.5. The lowest BCUT2D eigenvalue weighted by atomic mass is 10.2. The number of rotatable bonds is 6. The van der Waals surface area contributed by atoms with Crippen LogP contribution >= 0.6 is 11.6 Å². The number of carbonyl (C=O) groups is 1. The molecule has 0 unspecified atom stereocenters. The third-order valence-electron chi connectivity index (χ3n) is 3.80. The zero-order valence-corrected chi connectivity index (χ0v) is 15.6. The van der Waals surface area contributed by atoms with Crippen LogP contribution in [0.3, 0.4) is 0 Å². The molecular weight excluding hydrogens is 366 g/mol. The second-order valence-electron chi connectivity index (χ2n) is 5.58. The minimum atomic E-state index is -0.299. The zero-order chi connectivity index (χ0) is 19.2. The van der Waals surface area contributed by atoms with Gasteiger partial charge in [-0.2, -0.15) is 0 Å². The van der Waals surface area contributed by atoms with E-state index < -0.39 is 0 Å². The number of carbonyl (C=O) groups excluding carboxylic acids is 1. The zero-order valence-electron chi connectivity index (χ0n) is 14.8. The Bertz CT molecular complexity index is 928. The van der Waals surface area contributed by atoms with E-state index in [2.05, 4.69) is 15.6 Å². The van der Waals surface area contributed by atoms with Crippen LogP contribution in [0.25, 0.3) is 0 Å². The van der Waals surface area contributed by atoms with Crippen molar-refractivity contribution in [3.05, 3.63) is 71.4 Å². The molecule has 0 aliphatic carbocycles. The van der Waals surface area contributed by atoms with Gasteiger partial charge in [0.05, 0.1) is 25.5 Å². The molecular formula is C20H18ClN3O3. The lowest BCUT2D eigenvalue weighted by Gasteiger charge is -2.12. The summed E-state index contributed by atoms with van der Waals surface area (Å²) in [6.45, 7) is 0. The number of hydrogen-bond acceptors (Lipinski definition) is 5. The molecule has 0 saturated carbocycles. The number of hydrogen-bond donors (Lipinski definition) is 2. The Labute approximate surface area is 162 Å². The van der Waals surface area contributed by atoms with Gasteiger partial charge in [0, 0.05) is 23.0 Å². The van der Waals surface area contributed by atoms with Crippen molar-refractivity contribution in [1.82, 2.24) is 4.98 Å². The minimum Gasteiger partial charge on any atom is -0.497 e. The molecule has 7 heteroatoms. The van der Waals surface area contributed by atoms with Gasteiger partial charge in [0.15, 0.2) is 0 Å². The maximum Gasteiger partial charge on any atom is 0.257 e. The maximum absolute atomic E-state index is 12.5. The van der Waals surface area contributed by atoms with Gasteiger partial charge in [-0.1, -0.05) is 11.6 Å². The van der Waals surface area contributed by atoms with Gasteiger partial charge in [0.2, 0.25) is 0 Å². The molecule has 3 aromatic rings. The number of nitrogens with one attached hydrogen (secondary N) is 2. The lowest BCUT2D eigenvalue weighted by Crippen LogP contribution is -2.13. The summed E-state index contributed by atoms with van der Waals surface area (Å²) in [4.78, 5) is 16.8. The highest BCUT2D eigenvalue weighted by molar-refractivity contribution is 6.30. The number of halogens is 1. The molecule has 0 aliphatic heterocycles. The number of anilines is 3. The quantitative estimate of drug-likeness (QED) is 0.642. The highest BCUT2D eigenvalue weighted by atomic mass is 35.5. The second kappa shape index (κ2) is 8.42. The van der Waals surface area contributed by atoms with Crippen molar-refractivity contribution in [2.75, 3.05) is 24.9 Å². The summed E-state index contributed by atoms with van der Waals surface area (Å²) in [5.74, 6) is 1.48. The monoisotopic (exact) mass is 383 g/mol. The van der Waals surface area contributed by atoms with Gasteiger partial charge < -0.3 is 20.1 Å². The van der Waals surface area contributed by atoms with E-state index in [1.165, 1.54) is 13.3 Å². The van der Waals surface area contributed by atoms with Gasteiger partial charge in [-0.15, -0.1) is 0 Å². The first-order valence-corrected chi connectivity index (χ1v) is 8.49. The highest BCUT2D eigenvalue weighted by Gasteiger charge is 2.11. The number of aromatic nitrogens is 1. The van der Waals surface area contributed by atoms with Crippen molar-refractivity contribution >= 4 is 34.7 Å². The molecule has 0 radical (unpaired) electrons. The molecule has 6 nitrogen and oxygen atoms in total. The van der Waals surface area contributed by atoms with Crippen molar-refractivity contribution in [2.24, 2.45) is 0 Å². The Morgan fingerprint density at radius 3 is 2.41 bits per heavy atom. The van der Waals surface area contributed by atoms with Gasteiger partial charge in [-0.3, -0.25) is 4.79 Å². The molecule has 1 amide bonds. The van der Waals surface area contributed by atoms with Crippen LogP contribution in [0, 0.1) is 0 Å². The molecule has 1 aromatic heterocycles. The van der Waals surface area contributed by atoms with Crippen LogP contribution < -0.4 is 20.1 Å². The molecule has 0 fully saturated rings. The number of ether oxygens (including phenoxy) is 2. The Kier molecular flexibility index (Phi) is 5.78. The molecule has 0 atom stereocenters. The fourth-order valence-corrected chi connectivity index (χ4v) is 2.52. The molecule has 1 heterocycles. The van der Waals surface area contributed by atoms with Crippen molar-refractivity contribution in [1.29, 1.82) is 0 Å². The van der Waals surface area contributed by atoms with E-state index in [9.17, 15) is 4.79 Å². The molecule has 3 rings (SSSR count). The molecule has 0 bridgehead atoms. The van der Waals surface area contributed by atoms with Gasteiger partial charge in [-0.05, 0) is 48.5 Å². The van der Waals surface area contributed by atoms with Crippen LogP contribution in [-0.2, 0) is 0 Å². The van der Waals surface area contributed by atoms with Crippen molar-refractivity contribution in [3.8, 4) is 11.5 Å². The topological polar surface area (TPSA) is 72.5 Å². The fourth-order valence-electron chi connectivity index (χ4n) is 2.39. The van der Waals surface area contributed by atoms with Crippen LogP contribution in [0.15, 0.2) is 60.8 Å². The molecule has 0 saturated heterocycles. The Morgan fingerprint density at radius 1 is 1.00 bits per heavy atom. The number of amides is 1. The van der Waals surface area contributed by atoms with E-state index in [0.29, 0.717) is 33.6 Å². The number of pyridine rings is 1. The predicted molar refractivity (Wildman–Crippen MR) is 106 cm³/mol. The highest BCUT2D eigenvalue weighted by Crippen LogP contribution is 2.29. The average Bonchev–Trinajstić information content (AvgIpc) is 2.70. The summed E-state index contributed by atoms with van der Waals surface area (Å²) in [7, 11) is 3.10. The first-order chi connectivity index (χ1) is 13.1. The van der Waals surface area contributed by atoms with E-state index >= 15 is 0 Å². The molecule has 0 aliphatic rings. The van der Waals surface area contributed by atoms with Crippen LogP contribution in [0.4, 0.5) is 17.2 Å². The summed E-state index contributed by atoms with van der Waals surface area (Å²) in [5.41, 5.74) is 1.79. The molecule has 138 valence electrons. The minimum absolute atomic E-state index is 0.299. The fraction of sp³-hybridized carbons (Fsp3) is 0.100. The Balaban J connectivity index is 1.71. The van der Waals surface area contributed by atoms with Gasteiger partial charge in [0.25, 0.3) is 5.91 Å². The summed E-state index contributed by atoms with van der Waals surface area (Å²) in [6, 6.07) is 15.9. The summed E-state index contributed by atoms with van der Waals surface area (Å²) in [5, 5.41) is 6.61. The predicted octanol–water partition coefficient (Wildman–Crippen LogP) is 4.75. The van der Waals surface area contributed by atoms with Gasteiger partial charge >= 0.3 is 0 Å². The molecule has 0 spiro atoms. The SMILES string of the molecule is COc1ccc(OC)c(NC(=O)c2ccc(Nc3ccc(Cl)cc3)nc2)c1. The number of methoxy groups -OCH3 is 2. The van der Waals surface area contributed by atoms with Gasteiger partial charge in [-0.25, -0.2) is 4.98 Å². The van der Waals surface area contributed by atoms with Crippen molar-refractivity contribution in [2.45, 2.75) is 0 Å². The molecule has 2 N–H and O–H groups in total. The largest absolute Gasteiger partial charge is 0.497 e. The van der Waals surface area contributed by atoms with Crippen LogP contribution in [0.2, 0.25) is 5.02 Å². The van der Waals surface area contributed by atoms with E-state index in [4.69, 9.17) is 21.1 Å².